The number of nitrogens with zero attached hydrogens (tertiary/aromatic N) is 2. The summed E-state index contributed by atoms with van der Waals surface area (Å²) in [5.41, 5.74) is 1.18. The zero-order valence-electron chi connectivity index (χ0n) is 18.8. The second-order valence-electron chi connectivity index (χ2n) is 8.44. The van der Waals surface area contributed by atoms with Crippen LogP contribution in [0.1, 0.15) is 32.3 Å². The molecule has 2 aliphatic heterocycles. The lowest BCUT2D eigenvalue weighted by atomic mass is 9.88. The highest BCUT2D eigenvalue weighted by atomic mass is 19.4. The van der Waals surface area contributed by atoms with Crippen molar-refractivity contribution in [1.29, 1.82) is 0 Å². The summed E-state index contributed by atoms with van der Waals surface area (Å²) in [5, 5.41) is 7.12. The molecule has 2 fully saturated rings. The number of carbonyl (C=O) groups is 2. The van der Waals surface area contributed by atoms with Crippen molar-refractivity contribution in [2.75, 3.05) is 27.2 Å². The number of likely N-dealkylation sites (tertiary alicyclic amines) is 1. The van der Waals surface area contributed by atoms with E-state index in [9.17, 15) is 18.0 Å². The Morgan fingerprint density at radius 1 is 1.28 bits per heavy atom. The van der Waals surface area contributed by atoms with Crippen molar-refractivity contribution in [3.63, 3.8) is 0 Å². The second kappa shape index (κ2) is 11.0. The number of hydrogen-bond donors (Lipinski definition) is 1. The Hall–Kier alpha value is -2.33. The number of para-hydroxylation sites is 1. The quantitative estimate of drug-likeness (QED) is 0.727. The van der Waals surface area contributed by atoms with Crippen LogP contribution in [-0.4, -0.2) is 78.5 Å². The van der Waals surface area contributed by atoms with Crippen molar-refractivity contribution < 1.29 is 37.3 Å². The molecule has 1 amide bonds. The molecule has 1 aromatic carbocycles. The highest BCUT2D eigenvalue weighted by molar-refractivity contribution is 5.78. The fourth-order valence-electron chi connectivity index (χ4n) is 4.00. The highest BCUT2D eigenvalue weighted by Gasteiger charge is 2.42. The minimum Gasteiger partial charge on any atom is -0.491 e. The van der Waals surface area contributed by atoms with Crippen molar-refractivity contribution in [2.45, 2.75) is 57.7 Å². The molecule has 2 aliphatic rings. The minimum atomic E-state index is -5.08. The summed E-state index contributed by atoms with van der Waals surface area (Å²) in [6.45, 7) is 6.47. The third kappa shape index (κ3) is 7.09. The maximum Gasteiger partial charge on any atom is 0.490 e. The molecule has 10 heteroatoms. The maximum absolute atomic E-state index is 12.5. The van der Waals surface area contributed by atoms with E-state index in [0.29, 0.717) is 6.04 Å². The molecule has 0 radical (unpaired) electrons. The fourth-order valence-corrected chi connectivity index (χ4v) is 4.00. The molecule has 1 N–H and O–H groups in total. The average molecular weight is 460 g/mol. The zero-order chi connectivity index (χ0) is 24.1. The number of carboxylic acids is 1. The van der Waals surface area contributed by atoms with Crippen LogP contribution in [0.15, 0.2) is 24.3 Å². The van der Waals surface area contributed by atoms with Gasteiger partial charge in [-0.25, -0.2) is 4.79 Å². The molecule has 0 aromatic heterocycles. The Morgan fingerprint density at radius 2 is 1.91 bits per heavy atom. The van der Waals surface area contributed by atoms with Crippen LogP contribution in [0.4, 0.5) is 13.2 Å². The molecule has 3 rings (SSSR count). The Bertz CT molecular complexity index is 785. The summed E-state index contributed by atoms with van der Waals surface area (Å²) in [5.74, 6) is -1.61. The van der Waals surface area contributed by atoms with Crippen molar-refractivity contribution in [3.8, 4) is 5.75 Å². The summed E-state index contributed by atoms with van der Waals surface area (Å²) >= 11 is 0. The lowest BCUT2D eigenvalue weighted by Gasteiger charge is -2.41. The van der Waals surface area contributed by atoms with Crippen LogP contribution < -0.4 is 4.74 Å². The second-order valence-corrected chi connectivity index (χ2v) is 8.44. The number of alkyl halides is 3. The predicted molar refractivity (Wildman–Crippen MR) is 111 cm³/mol. The molecule has 3 atom stereocenters. The first kappa shape index (κ1) is 25.9. The lowest BCUT2D eigenvalue weighted by molar-refractivity contribution is -0.192. The number of carboxylic acid groups (broad SMARTS) is 1. The van der Waals surface area contributed by atoms with Crippen molar-refractivity contribution in [2.24, 2.45) is 5.92 Å². The van der Waals surface area contributed by atoms with Crippen LogP contribution in [-0.2, 0) is 20.9 Å². The number of hydrogen-bond acceptors (Lipinski definition) is 5. The molecule has 0 unspecified atom stereocenters. The van der Waals surface area contributed by atoms with Gasteiger partial charge in [0.15, 0.2) is 0 Å². The molecular weight excluding hydrogens is 429 g/mol. The topological polar surface area (TPSA) is 79.3 Å². The van der Waals surface area contributed by atoms with Gasteiger partial charge in [0.25, 0.3) is 0 Å². The monoisotopic (exact) mass is 460 g/mol. The lowest BCUT2D eigenvalue weighted by Crippen LogP contribution is -2.52. The number of rotatable bonds is 5. The number of ether oxygens (including phenoxy) is 2. The van der Waals surface area contributed by atoms with Gasteiger partial charge in [0, 0.05) is 45.4 Å². The van der Waals surface area contributed by atoms with Crippen LogP contribution in [0.25, 0.3) is 0 Å². The van der Waals surface area contributed by atoms with E-state index in [4.69, 9.17) is 19.4 Å². The average Bonchev–Trinajstić information content (AvgIpc) is 3.17. The number of halogens is 3. The van der Waals surface area contributed by atoms with E-state index in [1.807, 2.05) is 40.1 Å². The number of fused-ring (bicyclic) bond motifs is 1. The zero-order valence-corrected chi connectivity index (χ0v) is 18.8. The van der Waals surface area contributed by atoms with Gasteiger partial charge in [0.05, 0.1) is 18.1 Å². The van der Waals surface area contributed by atoms with E-state index in [0.717, 1.165) is 38.3 Å². The van der Waals surface area contributed by atoms with Gasteiger partial charge in [-0.2, -0.15) is 13.2 Å². The molecular formula is C22H31F3N2O5. The first-order valence-corrected chi connectivity index (χ1v) is 10.5. The molecule has 0 saturated carbocycles. The standard InChI is InChI=1S/C20H30N2O3.C2HF3O2/c1-14(2)25-18-8-6-5-7-15(18)12-22-13-16(20(23)21(3)4)11-19-17(22)9-10-24-19;3-2(4,5)1(6)7/h5-8,14,16-17,19H,9-13H2,1-4H3;(H,6,7)/t16-,17+,19+;/m0./s1. The Balaban J connectivity index is 0.000000451. The summed E-state index contributed by atoms with van der Waals surface area (Å²) in [7, 11) is 3.67. The van der Waals surface area contributed by atoms with Gasteiger partial charge in [-0.15, -0.1) is 0 Å². The first-order chi connectivity index (χ1) is 14.9. The van der Waals surface area contributed by atoms with Gasteiger partial charge in [0.1, 0.15) is 5.75 Å². The van der Waals surface area contributed by atoms with Crippen molar-refractivity contribution >= 4 is 11.9 Å². The van der Waals surface area contributed by atoms with E-state index in [2.05, 4.69) is 17.0 Å². The van der Waals surface area contributed by atoms with Crippen LogP contribution in [0.5, 0.6) is 5.75 Å². The Kier molecular flexibility index (Phi) is 8.91. The fraction of sp³-hybridized carbons (Fsp3) is 0.636. The molecule has 0 aliphatic carbocycles. The van der Waals surface area contributed by atoms with Gasteiger partial charge in [0.2, 0.25) is 5.91 Å². The highest BCUT2D eigenvalue weighted by Crippen LogP contribution is 2.34. The molecule has 0 bridgehead atoms. The smallest absolute Gasteiger partial charge is 0.490 e. The third-order valence-corrected chi connectivity index (χ3v) is 5.36. The van der Waals surface area contributed by atoms with Gasteiger partial charge < -0.3 is 19.5 Å². The number of benzene rings is 1. The Morgan fingerprint density at radius 3 is 2.47 bits per heavy atom. The Labute approximate surface area is 186 Å². The van der Waals surface area contributed by atoms with Crippen molar-refractivity contribution in [3.05, 3.63) is 29.8 Å². The molecule has 180 valence electrons. The van der Waals surface area contributed by atoms with Gasteiger partial charge in [-0.3, -0.25) is 9.69 Å². The number of piperidine rings is 1. The van der Waals surface area contributed by atoms with E-state index < -0.39 is 12.1 Å². The molecule has 1 aromatic rings. The van der Waals surface area contributed by atoms with E-state index >= 15 is 0 Å². The van der Waals surface area contributed by atoms with Crippen LogP contribution in [0.3, 0.4) is 0 Å². The van der Waals surface area contributed by atoms with Gasteiger partial charge in [-0.1, -0.05) is 18.2 Å². The van der Waals surface area contributed by atoms with Crippen LogP contribution in [0.2, 0.25) is 0 Å². The molecule has 2 heterocycles. The van der Waals surface area contributed by atoms with Crippen molar-refractivity contribution in [1.82, 2.24) is 9.80 Å². The number of amides is 1. The minimum absolute atomic E-state index is 0.00697. The molecule has 0 spiro atoms. The molecule has 32 heavy (non-hydrogen) atoms. The largest absolute Gasteiger partial charge is 0.491 e. The summed E-state index contributed by atoms with van der Waals surface area (Å²) in [6.07, 6.45) is -2.89. The van der Waals surface area contributed by atoms with E-state index in [-0.39, 0.29) is 24.0 Å². The normalized spacial score (nSPS) is 23.2. The number of aliphatic carboxylic acids is 1. The first-order valence-electron chi connectivity index (χ1n) is 10.5. The van der Waals surface area contributed by atoms with E-state index in [1.54, 1.807) is 4.90 Å². The van der Waals surface area contributed by atoms with E-state index in [1.165, 1.54) is 5.56 Å². The number of carbonyl (C=O) groups excluding carboxylic acids is 1. The van der Waals surface area contributed by atoms with Gasteiger partial charge >= 0.3 is 12.1 Å². The molecule has 2 saturated heterocycles. The SMILES string of the molecule is CC(C)Oc1ccccc1CN1C[C@@H](C(=O)N(C)C)C[C@H]2OCC[C@H]21.O=C(O)C(F)(F)F. The summed E-state index contributed by atoms with van der Waals surface area (Å²) < 4.78 is 43.6. The third-order valence-electron chi connectivity index (χ3n) is 5.36. The summed E-state index contributed by atoms with van der Waals surface area (Å²) in [6, 6.07) is 8.62. The van der Waals surface area contributed by atoms with Crippen LogP contribution in [0, 0.1) is 5.92 Å². The summed E-state index contributed by atoms with van der Waals surface area (Å²) in [4.78, 5) is 25.5. The maximum atomic E-state index is 12.5. The van der Waals surface area contributed by atoms with Crippen LogP contribution >= 0.6 is 0 Å². The predicted octanol–water partition coefficient (Wildman–Crippen LogP) is 3.17. The van der Waals surface area contributed by atoms with Gasteiger partial charge in [-0.05, 0) is 32.8 Å². The molecule has 7 nitrogen and oxygen atoms in total.